The number of halogens is 1. The molecule has 0 amide bonds. The highest BCUT2D eigenvalue weighted by Gasteiger charge is 2.30. The van der Waals surface area contributed by atoms with E-state index in [1.165, 1.54) is 24.3 Å². The Morgan fingerprint density at radius 2 is 1.73 bits per heavy atom. The van der Waals surface area contributed by atoms with Crippen LogP contribution in [0.4, 0.5) is 5.00 Å². The summed E-state index contributed by atoms with van der Waals surface area (Å²) in [6.45, 7) is 4.29. The molecule has 1 aromatic heterocycles. The van der Waals surface area contributed by atoms with Crippen molar-refractivity contribution < 1.29 is 16.8 Å². The fraction of sp³-hybridized carbons (Fsp3) is 0.438. The van der Waals surface area contributed by atoms with E-state index in [9.17, 15) is 16.8 Å². The van der Waals surface area contributed by atoms with Crippen LogP contribution in [0, 0.1) is 0 Å². The molecule has 1 aromatic carbocycles. The molecule has 0 saturated carbocycles. The van der Waals surface area contributed by atoms with Crippen molar-refractivity contribution in [1.29, 1.82) is 0 Å². The summed E-state index contributed by atoms with van der Waals surface area (Å²) in [6, 6.07) is 5.71. The molecule has 0 saturated heterocycles. The Kier molecular flexibility index (Phi) is 7.06. The first-order valence-corrected chi connectivity index (χ1v) is 12.5. The molecule has 10 heteroatoms. The number of thiazole rings is 1. The number of rotatable bonds is 9. The van der Waals surface area contributed by atoms with Gasteiger partial charge in [0.2, 0.25) is 24.0 Å². The van der Waals surface area contributed by atoms with Crippen molar-refractivity contribution in [3.05, 3.63) is 29.3 Å². The molecule has 144 valence electrons. The molecule has 0 radical (unpaired) electrons. The molecule has 1 N–H and O–H groups in total. The number of aromatic nitrogens is 1. The van der Waals surface area contributed by atoms with Crippen molar-refractivity contribution in [1.82, 2.24) is 4.98 Å². The monoisotopic (exact) mass is 436 g/mol. The molecule has 0 atom stereocenters. The predicted octanol–water partition coefficient (Wildman–Crippen LogP) is 4.03. The number of hydrogen-bond acceptors (Lipinski definition) is 7. The molecule has 6 nitrogen and oxygen atoms in total. The molecule has 2 rings (SSSR count). The van der Waals surface area contributed by atoms with Gasteiger partial charge in [-0.25, -0.2) is 21.8 Å². The Balaban J connectivity index is 2.53. The number of anilines is 1. The normalized spacial score (nSPS) is 12.3. The van der Waals surface area contributed by atoms with Crippen LogP contribution in [0.5, 0.6) is 0 Å². The minimum atomic E-state index is -3.96. The molecular formula is C16H21ClN2O4S3. The van der Waals surface area contributed by atoms with Gasteiger partial charge in [-0.15, -0.1) is 0 Å². The Labute approximate surface area is 163 Å². The Bertz CT molecular complexity index is 952. The van der Waals surface area contributed by atoms with E-state index >= 15 is 0 Å². The van der Waals surface area contributed by atoms with Gasteiger partial charge in [0.15, 0.2) is 5.03 Å². The number of unbranched alkanes of at least 4 members (excludes halogenated alkanes) is 1. The smallest absolute Gasteiger partial charge is 0.226 e. The molecule has 0 unspecified atom stereocenters. The van der Waals surface area contributed by atoms with E-state index in [0.717, 1.165) is 24.2 Å². The lowest BCUT2D eigenvalue weighted by molar-refractivity contribution is 0.589. The second-order valence-electron chi connectivity index (χ2n) is 5.67. The van der Waals surface area contributed by atoms with E-state index in [2.05, 4.69) is 10.3 Å². The fourth-order valence-electron chi connectivity index (χ4n) is 2.17. The largest absolute Gasteiger partial charge is 0.374 e. The maximum Gasteiger partial charge on any atom is 0.226 e. The van der Waals surface area contributed by atoms with Crippen molar-refractivity contribution in [2.45, 2.75) is 47.4 Å². The summed E-state index contributed by atoms with van der Waals surface area (Å²) in [5.41, 5.74) is 0. The second-order valence-corrected chi connectivity index (χ2v) is 11.3. The molecule has 2 aromatic rings. The minimum Gasteiger partial charge on any atom is -0.374 e. The molecular weight excluding hydrogens is 416 g/mol. The first kappa shape index (κ1) is 21.1. The molecule has 0 aliphatic rings. The maximum absolute atomic E-state index is 13.0. The molecule has 0 bridgehead atoms. The van der Waals surface area contributed by atoms with Crippen molar-refractivity contribution in [3.8, 4) is 0 Å². The van der Waals surface area contributed by atoms with Crippen LogP contribution in [0.3, 0.4) is 0 Å². The van der Waals surface area contributed by atoms with Gasteiger partial charge in [0.25, 0.3) is 0 Å². The zero-order chi connectivity index (χ0) is 19.4. The minimum absolute atomic E-state index is 0.0187. The second kappa shape index (κ2) is 8.69. The van der Waals surface area contributed by atoms with Crippen LogP contribution < -0.4 is 5.32 Å². The topological polar surface area (TPSA) is 93.2 Å². The number of benzene rings is 1. The van der Waals surface area contributed by atoms with E-state index in [4.69, 9.17) is 11.6 Å². The van der Waals surface area contributed by atoms with Crippen molar-refractivity contribution in [3.63, 3.8) is 0 Å². The van der Waals surface area contributed by atoms with Crippen LogP contribution in [0.25, 0.3) is 0 Å². The summed E-state index contributed by atoms with van der Waals surface area (Å²) in [6.07, 6.45) is 2.18. The number of nitrogens with one attached hydrogen (secondary N) is 1. The average molecular weight is 437 g/mol. The van der Waals surface area contributed by atoms with Gasteiger partial charge in [0, 0.05) is 11.6 Å². The molecule has 0 fully saturated rings. The molecule has 0 aliphatic carbocycles. The zero-order valence-corrected chi connectivity index (χ0v) is 17.7. The molecule has 0 aliphatic heterocycles. The zero-order valence-electron chi connectivity index (χ0n) is 14.5. The number of hydrogen-bond donors (Lipinski definition) is 1. The first-order valence-electron chi connectivity index (χ1n) is 8.20. The summed E-state index contributed by atoms with van der Waals surface area (Å²) in [5, 5.41) is 3.43. The summed E-state index contributed by atoms with van der Waals surface area (Å²) in [7, 11) is -7.57. The van der Waals surface area contributed by atoms with Gasteiger partial charge in [-0.2, -0.15) is 0 Å². The van der Waals surface area contributed by atoms with E-state index in [0.29, 0.717) is 18.0 Å². The third-order valence-corrected chi connectivity index (χ3v) is 8.98. The van der Waals surface area contributed by atoms with Gasteiger partial charge in [-0.1, -0.05) is 43.2 Å². The standard InChI is InChI=1S/C16H21ClN2O4S3/c1-3-5-10-18-14-15(19-16(24-14)25(20,21)11-4-2)26(22,23)13-8-6-12(17)7-9-13/h6-9,18H,3-5,10-11H2,1-2H3. The van der Waals surface area contributed by atoms with Gasteiger partial charge in [0.1, 0.15) is 5.00 Å². The molecule has 1 heterocycles. The van der Waals surface area contributed by atoms with Crippen LogP contribution in [0.2, 0.25) is 5.02 Å². The Morgan fingerprint density at radius 1 is 1.08 bits per heavy atom. The predicted molar refractivity (Wildman–Crippen MR) is 105 cm³/mol. The van der Waals surface area contributed by atoms with Gasteiger partial charge < -0.3 is 5.32 Å². The van der Waals surface area contributed by atoms with Crippen LogP contribution in [-0.4, -0.2) is 34.1 Å². The first-order chi connectivity index (χ1) is 12.2. The summed E-state index contributed by atoms with van der Waals surface area (Å²) in [4.78, 5) is 4.02. The summed E-state index contributed by atoms with van der Waals surface area (Å²) < 4.78 is 50.4. The van der Waals surface area contributed by atoms with Crippen LogP contribution in [0.1, 0.15) is 33.1 Å². The Morgan fingerprint density at radius 3 is 2.31 bits per heavy atom. The third kappa shape index (κ3) is 4.76. The Hall–Kier alpha value is -1.16. The van der Waals surface area contributed by atoms with Crippen LogP contribution in [0.15, 0.2) is 38.5 Å². The van der Waals surface area contributed by atoms with Crippen molar-refractivity contribution in [2.24, 2.45) is 0 Å². The SMILES string of the molecule is CCCCNc1sc(S(=O)(=O)CCC)nc1S(=O)(=O)c1ccc(Cl)cc1. The van der Waals surface area contributed by atoms with Crippen LogP contribution >= 0.6 is 22.9 Å². The highest BCUT2D eigenvalue weighted by Crippen LogP contribution is 2.35. The third-order valence-electron chi connectivity index (χ3n) is 3.51. The highest BCUT2D eigenvalue weighted by molar-refractivity contribution is 7.94. The highest BCUT2D eigenvalue weighted by atomic mass is 35.5. The lowest BCUT2D eigenvalue weighted by atomic mass is 10.3. The molecule has 0 spiro atoms. The van der Waals surface area contributed by atoms with E-state index in [1.54, 1.807) is 6.92 Å². The number of nitrogens with zero attached hydrogens (tertiary/aromatic N) is 1. The average Bonchev–Trinajstić information content (AvgIpc) is 3.01. The van der Waals surface area contributed by atoms with Crippen LogP contribution in [-0.2, 0) is 19.7 Å². The number of sulfone groups is 2. The quantitative estimate of drug-likeness (QED) is 0.596. The van der Waals surface area contributed by atoms with Crippen molar-refractivity contribution in [2.75, 3.05) is 17.6 Å². The maximum atomic E-state index is 13.0. The van der Waals surface area contributed by atoms with Gasteiger partial charge in [-0.3, -0.25) is 0 Å². The fourth-order valence-corrected chi connectivity index (χ4v) is 6.68. The lowest BCUT2D eigenvalue weighted by Gasteiger charge is -2.06. The van der Waals surface area contributed by atoms with Crippen molar-refractivity contribution >= 4 is 47.6 Å². The summed E-state index contributed by atoms with van der Waals surface area (Å²) >= 11 is 6.69. The molecule has 26 heavy (non-hydrogen) atoms. The van der Waals surface area contributed by atoms with Gasteiger partial charge in [-0.05, 0) is 37.1 Å². The summed E-state index contributed by atoms with van der Waals surface area (Å²) in [5.74, 6) is -0.0741. The van der Waals surface area contributed by atoms with E-state index in [1.807, 2.05) is 6.92 Å². The van der Waals surface area contributed by atoms with Gasteiger partial charge >= 0.3 is 0 Å². The van der Waals surface area contributed by atoms with Gasteiger partial charge in [0.05, 0.1) is 10.6 Å². The lowest BCUT2D eigenvalue weighted by Crippen LogP contribution is -2.09. The van der Waals surface area contributed by atoms with E-state index < -0.39 is 19.7 Å². The van der Waals surface area contributed by atoms with E-state index in [-0.39, 0.29) is 25.0 Å².